The number of amides is 1. The van der Waals surface area contributed by atoms with Crippen LogP contribution in [0, 0.1) is 22.5 Å². The number of pyridine rings is 1. The van der Waals surface area contributed by atoms with E-state index in [4.69, 9.17) is 6.42 Å². The zero-order chi connectivity index (χ0) is 11.3. The lowest BCUT2D eigenvalue weighted by molar-refractivity contribution is -0.385. The number of carbonyl (C=O) groups excluding carboxylic acids is 1. The molecule has 0 aliphatic rings. The number of nitrogens with one attached hydrogen (secondary N) is 1. The predicted molar refractivity (Wildman–Crippen MR) is 52.1 cm³/mol. The van der Waals surface area contributed by atoms with E-state index >= 15 is 0 Å². The second kappa shape index (κ2) is 4.72. The molecule has 0 saturated carbocycles. The van der Waals surface area contributed by atoms with Crippen LogP contribution in [0.5, 0.6) is 0 Å². The van der Waals surface area contributed by atoms with Crippen LogP contribution in [-0.4, -0.2) is 22.4 Å². The third-order valence-corrected chi connectivity index (χ3v) is 1.54. The summed E-state index contributed by atoms with van der Waals surface area (Å²) in [5.74, 6) is 1.77. The molecule has 1 rings (SSSR count). The summed E-state index contributed by atoms with van der Waals surface area (Å²) in [5, 5.41) is 12.7. The molecular formula is C9H7N3O3. The largest absolute Gasteiger partial charge is 0.340 e. The minimum atomic E-state index is -0.587. The number of nitrogens with zero attached hydrogens (tertiary/aromatic N) is 2. The smallest absolute Gasteiger partial charge is 0.287 e. The van der Waals surface area contributed by atoms with Gasteiger partial charge in [-0.25, -0.2) is 4.98 Å². The van der Waals surface area contributed by atoms with Gasteiger partial charge in [-0.05, 0) is 6.07 Å². The number of nitro groups is 1. The maximum absolute atomic E-state index is 11.2. The number of rotatable bonds is 3. The molecule has 0 fully saturated rings. The van der Waals surface area contributed by atoms with Crippen LogP contribution < -0.4 is 5.32 Å². The quantitative estimate of drug-likeness (QED) is 0.438. The van der Waals surface area contributed by atoms with Crippen molar-refractivity contribution in [2.45, 2.75) is 0 Å². The first-order chi connectivity index (χ1) is 7.15. The zero-order valence-corrected chi connectivity index (χ0v) is 7.64. The molecule has 1 heterocycles. The van der Waals surface area contributed by atoms with Crippen molar-refractivity contribution < 1.29 is 9.72 Å². The van der Waals surface area contributed by atoms with Crippen molar-refractivity contribution >= 4 is 11.6 Å². The maximum atomic E-state index is 11.2. The second-order valence-corrected chi connectivity index (χ2v) is 2.55. The van der Waals surface area contributed by atoms with Crippen molar-refractivity contribution in [1.29, 1.82) is 0 Å². The molecule has 1 aromatic heterocycles. The Morgan fingerprint density at radius 3 is 2.87 bits per heavy atom. The molecule has 0 aromatic carbocycles. The Hall–Kier alpha value is -2.42. The minimum Gasteiger partial charge on any atom is -0.340 e. The van der Waals surface area contributed by atoms with Crippen molar-refractivity contribution in [3.63, 3.8) is 0 Å². The van der Waals surface area contributed by atoms with E-state index < -0.39 is 10.8 Å². The van der Waals surface area contributed by atoms with E-state index in [0.717, 1.165) is 6.20 Å². The molecule has 0 spiro atoms. The van der Waals surface area contributed by atoms with Crippen molar-refractivity contribution in [1.82, 2.24) is 10.3 Å². The van der Waals surface area contributed by atoms with Crippen molar-refractivity contribution in [2.75, 3.05) is 6.54 Å². The molecule has 1 aromatic rings. The molecule has 0 aliphatic carbocycles. The molecule has 0 saturated heterocycles. The normalized spacial score (nSPS) is 9.00. The highest BCUT2D eigenvalue weighted by atomic mass is 16.6. The average Bonchev–Trinajstić information content (AvgIpc) is 2.26. The van der Waals surface area contributed by atoms with E-state index in [9.17, 15) is 14.9 Å². The minimum absolute atomic E-state index is 0.0934. The van der Waals surface area contributed by atoms with Gasteiger partial charge in [0.2, 0.25) is 0 Å². The molecule has 6 nitrogen and oxygen atoms in total. The third kappa shape index (κ3) is 2.77. The van der Waals surface area contributed by atoms with Crippen LogP contribution in [0.3, 0.4) is 0 Å². The van der Waals surface area contributed by atoms with E-state index in [2.05, 4.69) is 16.2 Å². The lowest BCUT2D eigenvalue weighted by Crippen LogP contribution is -2.24. The molecule has 76 valence electrons. The van der Waals surface area contributed by atoms with E-state index in [0.29, 0.717) is 0 Å². The van der Waals surface area contributed by atoms with Gasteiger partial charge in [0.25, 0.3) is 11.6 Å². The summed E-state index contributed by atoms with van der Waals surface area (Å²) in [5.41, 5.74) is -0.0700. The highest BCUT2D eigenvalue weighted by Crippen LogP contribution is 2.08. The average molecular weight is 205 g/mol. The Kier molecular flexibility index (Phi) is 3.35. The molecular weight excluding hydrogens is 198 g/mol. The summed E-state index contributed by atoms with van der Waals surface area (Å²) in [6.07, 6.45) is 5.96. The number of terminal acetylenes is 1. The summed E-state index contributed by atoms with van der Waals surface area (Å²) in [7, 11) is 0. The third-order valence-electron chi connectivity index (χ3n) is 1.54. The van der Waals surface area contributed by atoms with Gasteiger partial charge in [-0.15, -0.1) is 6.42 Å². The maximum Gasteiger partial charge on any atom is 0.287 e. The zero-order valence-electron chi connectivity index (χ0n) is 7.64. The van der Waals surface area contributed by atoms with E-state index in [1.165, 1.54) is 12.1 Å². The monoisotopic (exact) mass is 205 g/mol. The van der Waals surface area contributed by atoms with Gasteiger partial charge in [-0.3, -0.25) is 14.9 Å². The van der Waals surface area contributed by atoms with Gasteiger partial charge >= 0.3 is 0 Å². The Bertz CT molecular complexity index is 419. The fourth-order valence-corrected chi connectivity index (χ4v) is 0.850. The van der Waals surface area contributed by atoms with Crippen molar-refractivity contribution in [3.8, 4) is 12.3 Å². The summed E-state index contributed by atoms with van der Waals surface area (Å²) >= 11 is 0. The summed E-state index contributed by atoms with van der Waals surface area (Å²) in [6.45, 7) is 0.0947. The summed E-state index contributed by atoms with van der Waals surface area (Å²) < 4.78 is 0. The van der Waals surface area contributed by atoms with Gasteiger partial charge in [0.1, 0.15) is 11.9 Å². The Balaban J connectivity index is 2.76. The Morgan fingerprint density at radius 2 is 2.40 bits per heavy atom. The van der Waals surface area contributed by atoms with Crippen LogP contribution >= 0.6 is 0 Å². The first-order valence-electron chi connectivity index (χ1n) is 3.97. The number of hydrogen-bond donors (Lipinski definition) is 1. The molecule has 15 heavy (non-hydrogen) atoms. The number of hydrogen-bond acceptors (Lipinski definition) is 4. The van der Waals surface area contributed by atoms with Crippen LogP contribution in [-0.2, 0) is 0 Å². The van der Waals surface area contributed by atoms with Crippen LogP contribution in [0.2, 0.25) is 0 Å². The molecule has 0 bridgehead atoms. The van der Waals surface area contributed by atoms with Gasteiger partial charge in [0.05, 0.1) is 11.5 Å². The summed E-state index contributed by atoms with van der Waals surface area (Å²) in [6, 6.07) is 2.47. The Labute approximate surface area is 85.5 Å². The van der Waals surface area contributed by atoms with Gasteiger partial charge < -0.3 is 5.32 Å². The SMILES string of the molecule is C#CCNC(=O)c1ccc([N+](=O)[O-])cn1. The molecule has 0 aliphatic heterocycles. The van der Waals surface area contributed by atoms with E-state index in [-0.39, 0.29) is 17.9 Å². The van der Waals surface area contributed by atoms with Gasteiger partial charge in [-0.2, -0.15) is 0 Å². The first-order valence-corrected chi connectivity index (χ1v) is 3.97. The second-order valence-electron chi connectivity index (χ2n) is 2.55. The van der Waals surface area contributed by atoms with Gasteiger partial charge in [0, 0.05) is 6.07 Å². The standard InChI is InChI=1S/C9H7N3O3/c1-2-5-10-9(13)8-4-3-7(6-11-8)12(14)15/h1,3-4,6H,5H2,(H,10,13). The molecule has 1 N–H and O–H groups in total. The van der Waals surface area contributed by atoms with Gasteiger partial charge in [0.15, 0.2) is 0 Å². The van der Waals surface area contributed by atoms with Crippen LogP contribution in [0.4, 0.5) is 5.69 Å². The predicted octanol–water partition coefficient (Wildman–Crippen LogP) is 0.353. The topological polar surface area (TPSA) is 85.1 Å². The van der Waals surface area contributed by atoms with Crippen molar-refractivity contribution in [3.05, 3.63) is 34.1 Å². The van der Waals surface area contributed by atoms with Crippen LogP contribution in [0.25, 0.3) is 0 Å². The lowest BCUT2D eigenvalue weighted by atomic mass is 10.3. The van der Waals surface area contributed by atoms with Crippen molar-refractivity contribution in [2.24, 2.45) is 0 Å². The number of carbonyl (C=O) groups is 1. The highest BCUT2D eigenvalue weighted by molar-refractivity contribution is 5.92. The van der Waals surface area contributed by atoms with E-state index in [1.54, 1.807) is 0 Å². The van der Waals surface area contributed by atoms with Gasteiger partial charge in [-0.1, -0.05) is 5.92 Å². The molecule has 6 heteroatoms. The Morgan fingerprint density at radius 1 is 1.67 bits per heavy atom. The van der Waals surface area contributed by atoms with E-state index in [1.807, 2.05) is 0 Å². The molecule has 1 amide bonds. The fraction of sp³-hybridized carbons (Fsp3) is 0.111. The number of aromatic nitrogens is 1. The van der Waals surface area contributed by atoms with Crippen LogP contribution in [0.1, 0.15) is 10.5 Å². The lowest BCUT2D eigenvalue weighted by Gasteiger charge is -1.99. The molecule has 0 radical (unpaired) electrons. The van der Waals surface area contributed by atoms with Crippen LogP contribution in [0.15, 0.2) is 18.3 Å². The molecule has 0 unspecified atom stereocenters. The summed E-state index contributed by atoms with van der Waals surface area (Å²) in [4.78, 5) is 24.6. The highest BCUT2D eigenvalue weighted by Gasteiger charge is 2.09. The fourth-order valence-electron chi connectivity index (χ4n) is 0.850. The first kappa shape index (κ1) is 10.7. The molecule has 0 atom stereocenters.